The SMILES string of the molecule is COC(=O)c1ccc(N2CCN(C)CC2)c(NC(=O)COc2cc(C)c(Cl)c(C)c2)c1. The second-order valence-electron chi connectivity index (χ2n) is 7.72. The second kappa shape index (κ2) is 10.0. The number of hydrogen-bond donors (Lipinski definition) is 1. The van der Waals surface area contributed by atoms with Crippen LogP contribution in [0.15, 0.2) is 30.3 Å². The highest BCUT2D eigenvalue weighted by Gasteiger charge is 2.20. The van der Waals surface area contributed by atoms with Gasteiger partial charge in [0.1, 0.15) is 5.75 Å². The number of nitrogens with zero attached hydrogens (tertiary/aromatic N) is 2. The molecule has 1 aliphatic heterocycles. The van der Waals surface area contributed by atoms with Gasteiger partial charge >= 0.3 is 5.97 Å². The van der Waals surface area contributed by atoms with Gasteiger partial charge in [0.05, 0.1) is 24.0 Å². The highest BCUT2D eigenvalue weighted by atomic mass is 35.5. The summed E-state index contributed by atoms with van der Waals surface area (Å²) in [5.74, 6) is -0.191. The number of esters is 1. The van der Waals surface area contributed by atoms with Crippen LogP contribution in [0.2, 0.25) is 5.02 Å². The summed E-state index contributed by atoms with van der Waals surface area (Å²) >= 11 is 6.19. The van der Waals surface area contributed by atoms with E-state index in [2.05, 4.69) is 22.2 Å². The van der Waals surface area contributed by atoms with Crippen molar-refractivity contribution >= 4 is 34.9 Å². The molecule has 0 aliphatic carbocycles. The molecule has 0 saturated carbocycles. The molecule has 0 bridgehead atoms. The number of aryl methyl sites for hydroxylation is 2. The van der Waals surface area contributed by atoms with E-state index < -0.39 is 5.97 Å². The molecule has 2 aromatic carbocycles. The number of rotatable bonds is 6. The summed E-state index contributed by atoms with van der Waals surface area (Å²) in [4.78, 5) is 29.1. The lowest BCUT2D eigenvalue weighted by molar-refractivity contribution is -0.118. The maximum atomic E-state index is 12.7. The first kappa shape index (κ1) is 22.9. The zero-order valence-electron chi connectivity index (χ0n) is 18.3. The monoisotopic (exact) mass is 445 g/mol. The fourth-order valence-corrected chi connectivity index (χ4v) is 3.64. The van der Waals surface area contributed by atoms with E-state index in [4.69, 9.17) is 21.1 Å². The van der Waals surface area contributed by atoms with E-state index in [-0.39, 0.29) is 12.5 Å². The number of hydrogen-bond acceptors (Lipinski definition) is 6. The Labute approximate surface area is 187 Å². The Bertz CT molecular complexity index is 948. The normalized spacial score (nSPS) is 14.3. The van der Waals surface area contributed by atoms with E-state index in [0.717, 1.165) is 43.0 Å². The first-order valence-corrected chi connectivity index (χ1v) is 10.5. The summed E-state index contributed by atoms with van der Waals surface area (Å²) < 4.78 is 10.5. The molecule has 0 spiro atoms. The third-order valence-electron chi connectivity index (χ3n) is 5.32. The molecule has 2 aromatic rings. The van der Waals surface area contributed by atoms with Gasteiger partial charge in [0.2, 0.25) is 0 Å². The maximum Gasteiger partial charge on any atom is 0.337 e. The van der Waals surface area contributed by atoms with Gasteiger partial charge in [-0.15, -0.1) is 0 Å². The lowest BCUT2D eigenvalue weighted by atomic mass is 10.1. The molecular weight excluding hydrogens is 418 g/mol. The van der Waals surface area contributed by atoms with Crippen molar-refractivity contribution < 1.29 is 19.1 Å². The van der Waals surface area contributed by atoms with Crippen LogP contribution in [0.4, 0.5) is 11.4 Å². The Morgan fingerprint density at radius 3 is 2.32 bits per heavy atom. The molecule has 1 N–H and O–H groups in total. The van der Waals surface area contributed by atoms with Crippen molar-refractivity contribution in [2.45, 2.75) is 13.8 Å². The van der Waals surface area contributed by atoms with Crippen molar-refractivity contribution in [2.24, 2.45) is 0 Å². The number of carbonyl (C=O) groups excluding carboxylic acids is 2. The van der Waals surface area contributed by atoms with E-state index in [9.17, 15) is 9.59 Å². The minimum atomic E-state index is -0.455. The molecule has 0 aromatic heterocycles. The van der Waals surface area contributed by atoms with Crippen LogP contribution in [0.25, 0.3) is 0 Å². The Morgan fingerprint density at radius 2 is 1.71 bits per heavy atom. The molecule has 0 atom stereocenters. The molecule has 0 radical (unpaired) electrons. The van der Waals surface area contributed by atoms with E-state index in [1.807, 2.05) is 19.9 Å². The smallest absolute Gasteiger partial charge is 0.337 e. The fourth-order valence-electron chi connectivity index (χ4n) is 3.53. The lowest BCUT2D eigenvalue weighted by Gasteiger charge is -2.35. The first-order valence-electron chi connectivity index (χ1n) is 10.1. The summed E-state index contributed by atoms with van der Waals surface area (Å²) in [5.41, 5.74) is 3.58. The molecule has 1 heterocycles. The predicted octanol–water partition coefficient (Wildman–Crippen LogP) is 3.51. The van der Waals surface area contributed by atoms with Gasteiger partial charge < -0.3 is 24.6 Å². The Hall–Kier alpha value is -2.77. The van der Waals surface area contributed by atoms with Crippen molar-refractivity contribution in [3.05, 3.63) is 52.0 Å². The molecular formula is C23H28ClN3O4. The number of methoxy groups -OCH3 is 1. The summed E-state index contributed by atoms with van der Waals surface area (Å²) in [6.07, 6.45) is 0. The number of carbonyl (C=O) groups is 2. The van der Waals surface area contributed by atoms with Crippen LogP contribution >= 0.6 is 11.6 Å². The quantitative estimate of drug-likeness (QED) is 0.686. The lowest BCUT2D eigenvalue weighted by Crippen LogP contribution is -2.44. The maximum absolute atomic E-state index is 12.7. The molecule has 1 fully saturated rings. The zero-order valence-corrected chi connectivity index (χ0v) is 19.1. The molecule has 1 saturated heterocycles. The van der Waals surface area contributed by atoms with Crippen molar-refractivity contribution in [1.82, 2.24) is 4.90 Å². The Morgan fingerprint density at radius 1 is 1.06 bits per heavy atom. The van der Waals surface area contributed by atoms with Crippen LogP contribution in [0.3, 0.4) is 0 Å². The third kappa shape index (κ3) is 5.68. The number of halogens is 1. The number of nitrogens with one attached hydrogen (secondary N) is 1. The molecule has 31 heavy (non-hydrogen) atoms. The highest BCUT2D eigenvalue weighted by molar-refractivity contribution is 6.32. The van der Waals surface area contributed by atoms with Gasteiger partial charge in [0.25, 0.3) is 5.91 Å². The number of amides is 1. The average molecular weight is 446 g/mol. The van der Waals surface area contributed by atoms with Gasteiger partial charge in [-0.05, 0) is 62.4 Å². The minimum absolute atomic E-state index is 0.162. The number of piperazine rings is 1. The minimum Gasteiger partial charge on any atom is -0.484 e. The van der Waals surface area contributed by atoms with Gasteiger partial charge in [-0.3, -0.25) is 4.79 Å². The van der Waals surface area contributed by atoms with Gasteiger partial charge in [-0.25, -0.2) is 4.79 Å². The number of ether oxygens (including phenoxy) is 2. The van der Waals surface area contributed by atoms with Crippen molar-refractivity contribution in [1.29, 1.82) is 0 Å². The van der Waals surface area contributed by atoms with Gasteiger partial charge in [0, 0.05) is 31.2 Å². The van der Waals surface area contributed by atoms with Crippen LogP contribution in [0.1, 0.15) is 21.5 Å². The predicted molar refractivity (Wildman–Crippen MR) is 123 cm³/mol. The molecule has 1 amide bonds. The molecule has 166 valence electrons. The summed E-state index contributed by atoms with van der Waals surface area (Å²) in [5, 5.41) is 3.58. The van der Waals surface area contributed by atoms with Crippen LogP contribution in [-0.2, 0) is 9.53 Å². The number of benzene rings is 2. The molecule has 1 aliphatic rings. The van der Waals surface area contributed by atoms with E-state index >= 15 is 0 Å². The summed E-state index contributed by atoms with van der Waals surface area (Å²) in [6.45, 7) is 7.12. The molecule has 3 rings (SSSR count). The topological polar surface area (TPSA) is 71.1 Å². The second-order valence-corrected chi connectivity index (χ2v) is 8.10. The zero-order chi connectivity index (χ0) is 22.5. The number of anilines is 2. The largest absolute Gasteiger partial charge is 0.484 e. The Kier molecular flexibility index (Phi) is 7.41. The molecule has 7 nitrogen and oxygen atoms in total. The Balaban J connectivity index is 1.76. The third-order valence-corrected chi connectivity index (χ3v) is 5.91. The first-order chi connectivity index (χ1) is 14.8. The van der Waals surface area contributed by atoms with Crippen LogP contribution in [0, 0.1) is 13.8 Å². The average Bonchev–Trinajstić information content (AvgIpc) is 2.76. The molecule has 8 heteroatoms. The standard InChI is InChI=1S/C23H28ClN3O4/c1-15-11-18(12-16(2)22(15)24)31-14-21(28)25-19-13-17(23(29)30-4)5-6-20(19)27-9-7-26(3)8-10-27/h5-6,11-13H,7-10,14H2,1-4H3,(H,25,28). The highest BCUT2D eigenvalue weighted by Crippen LogP contribution is 2.29. The number of likely N-dealkylation sites (N-methyl/N-ethyl adjacent to an activating group) is 1. The van der Waals surface area contributed by atoms with Crippen LogP contribution in [0.5, 0.6) is 5.75 Å². The van der Waals surface area contributed by atoms with E-state index in [1.165, 1.54) is 7.11 Å². The van der Waals surface area contributed by atoms with Crippen LogP contribution < -0.4 is 15.0 Å². The van der Waals surface area contributed by atoms with Crippen molar-refractivity contribution in [3.8, 4) is 5.75 Å². The van der Waals surface area contributed by atoms with Crippen LogP contribution in [-0.4, -0.2) is 63.7 Å². The van der Waals surface area contributed by atoms with E-state index in [1.54, 1.807) is 24.3 Å². The summed E-state index contributed by atoms with van der Waals surface area (Å²) in [7, 11) is 3.41. The van der Waals surface area contributed by atoms with Crippen molar-refractivity contribution in [3.63, 3.8) is 0 Å². The van der Waals surface area contributed by atoms with E-state index in [0.29, 0.717) is 22.0 Å². The van der Waals surface area contributed by atoms with Gasteiger partial charge in [-0.1, -0.05) is 11.6 Å². The summed E-state index contributed by atoms with van der Waals surface area (Å²) in [6, 6.07) is 8.81. The van der Waals surface area contributed by atoms with Gasteiger partial charge in [0.15, 0.2) is 6.61 Å². The fraction of sp³-hybridized carbons (Fsp3) is 0.391. The molecule has 0 unspecified atom stereocenters. The van der Waals surface area contributed by atoms with Crippen molar-refractivity contribution in [2.75, 3.05) is 57.2 Å². The van der Waals surface area contributed by atoms with Gasteiger partial charge in [-0.2, -0.15) is 0 Å².